The molecule has 0 unspecified atom stereocenters. The molecule has 0 aromatic heterocycles. The highest BCUT2D eigenvalue weighted by atomic mass is 16.3. The molecule has 1 N–H and O–H groups in total. The van der Waals surface area contributed by atoms with Crippen molar-refractivity contribution in [3.05, 3.63) is 101 Å². The van der Waals surface area contributed by atoms with Gasteiger partial charge in [0, 0.05) is 16.8 Å². The highest BCUT2D eigenvalue weighted by Gasteiger charge is 2.48. The summed E-state index contributed by atoms with van der Waals surface area (Å²) in [5.41, 5.74) is 3.62. The second-order valence-corrected chi connectivity index (χ2v) is 7.76. The molecule has 3 aromatic carbocycles. The van der Waals surface area contributed by atoms with E-state index in [0.717, 1.165) is 29.4 Å². The molecule has 3 aromatic rings. The van der Waals surface area contributed by atoms with Crippen molar-refractivity contribution in [2.75, 3.05) is 4.90 Å². The van der Waals surface area contributed by atoms with Gasteiger partial charge in [0.05, 0.1) is 18.1 Å². The normalized spacial score (nSPS) is 18.9. The van der Waals surface area contributed by atoms with Crippen LogP contribution in [0.5, 0.6) is 0 Å². The minimum Gasteiger partial charge on any atom is -0.388 e. The molecule has 1 fully saturated rings. The van der Waals surface area contributed by atoms with Gasteiger partial charge in [-0.25, -0.2) is 0 Å². The second-order valence-electron chi connectivity index (χ2n) is 7.76. The molecule has 1 aliphatic rings. The number of aldehydes is 2. The summed E-state index contributed by atoms with van der Waals surface area (Å²) in [6.07, 6.45) is 1.94. The van der Waals surface area contributed by atoms with Gasteiger partial charge in [0.2, 0.25) is 5.91 Å². The van der Waals surface area contributed by atoms with Crippen molar-refractivity contribution >= 4 is 24.2 Å². The number of β-lactam (4-membered cyclic amide) rings is 1. The van der Waals surface area contributed by atoms with Crippen molar-refractivity contribution in [3.8, 4) is 0 Å². The number of anilines is 1. The number of hydrogen-bond acceptors (Lipinski definition) is 4. The molecule has 5 heteroatoms. The lowest BCUT2D eigenvalue weighted by Gasteiger charge is -2.48. The molecule has 0 aliphatic carbocycles. The molecule has 31 heavy (non-hydrogen) atoms. The SMILES string of the molecule is O=Cc1ccc([C@@H]2[C@@H](CC[C@H](O)c3ccccc3)C(=O)N2c2ccc(C=O)cc2)cc1. The van der Waals surface area contributed by atoms with Gasteiger partial charge in [0.1, 0.15) is 12.6 Å². The number of aliphatic hydroxyl groups excluding tert-OH is 1. The molecule has 0 spiro atoms. The Balaban J connectivity index is 1.58. The Kier molecular flexibility index (Phi) is 6.05. The number of nitrogens with zero attached hydrogens (tertiary/aromatic N) is 1. The Hall–Kier alpha value is -3.57. The molecule has 0 bridgehead atoms. The first-order valence-electron chi connectivity index (χ1n) is 10.3. The molecule has 1 amide bonds. The van der Waals surface area contributed by atoms with Gasteiger partial charge in [-0.1, -0.05) is 54.6 Å². The van der Waals surface area contributed by atoms with Crippen LogP contribution in [0.15, 0.2) is 78.9 Å². The number of aliphatic hydroxyl groups is 1. The van der Waals surface area contributed by atoms with Gasteiger partial charge in [0.25, 0.3) is 0 Å². The number of hydrogen-bond donors (Lipinski definition) is 1. The molecule has 1 heterocycles. The van der Waals surface area contributed by atoms with E-state index in [1.807, 2.05) is 42.5 Å². The minimum atomic E-state index is -0.631. The lowest BCUT2D eigenvalue weighted by molar-refractivity contribution is -0.131. The maximum Gasteiger partial charge on any atom is 0.233 e. The molecule has 4 rings (SSSR count). The molecule has 1 saturated heterocycles. The summed E-state index contributed by atoms with van der Waals surface area (Å²) >= 11 is 0. The van der Waals surface area contributed by atoms with Gasteiger partial charge in [-0.3, -0.25) is 14.4 Å². The van der Waals surface area contributed by atoms with E-state index >= 15 is 0 Å². The Morgan fingerprint density at radius 1 is 0.839 bits per heavy atom. The average molecular weight is 413 g/mol. The lowest BCUT2D eigenvalue weighted by atomic mass is 9.78. The van der Waals surface area contributed by atoms with Crippen molar-refractivity contribution in [1.82, 2.24) is 0 Å². The van der Waals surface area contributed by atoms with E-state index in [1.54, 1.807) is 41.3 Å². The summed E-state index contributed by atoms with van der Waals surface area (Å²) < 4.78 is 0. The van der Waals surface area contributed by atoms with E-state index in [-0.39, 0.29) is 17.9 Å². The van der Waals surface area contributed by atoms with Crippen LogP contribution >= 0.6 is 0 Å². The summed E-state index contributed by atoms with van der Waals surface area (Å²) in [4.78, 5) is 36.8. The van der Waals surface area contributed by atoms with Crippen molar-refractivity contribution < 1.29 is 19.5 Å². The number of carbonyl (C=O) groups excluding carboxylic acids is 3. The first kappa shape index (κ1) is 20.7. The topological polar surface area (TPSA) is 74.7 Å². The molecule has 0 saturated carbocycles. The molecule has 5 nitrogen and oxygen atoms in total. The van der Waals surface area contributed by atoms with E-state index in [2.05, 4.69) is 0 Å². The Bertz CT molecular complexity index is 1060. The fourth-order valence-electron chi connectivity index (χ4n) is 4.16. The standard InChI is InChI=1S/C26H23NO4/c28-16-18-6-10-21(11-7-18)25-23(14-15-24(30)20-4-2-1-3-5-20)26(31)27(25)22-12-8-19(17-29)9-13-22/h1-13,16-17,23-25,30H,14-15H2/t23-,24+,25-/m1/s1. The quantitative estimate of drug-likeness (QED) is 0.435. The van der Waals surface area contributed by atoms with E-state index in [0.29, 0.717) is 24.0 Å². The third-order valence-electron chi connectivity index (χ3n) is 5.87. The lowest BCUT2D eigenvalue weighted by Crippen LogP contribution is -2.55. The summed E-state index contributed by atoms with van der Waals surface area (Å²) in [6, 6.07) is 23.4. The van der Waals surface area contributed by atoms with Gasteiger partial charge in [-0.05, 0) is 48.2 Å². The summed E-state index contributed by atoms with van der Waals surface area (Å²) in [6.45, 7) is 0. The molecular formula is C26H23NO4. The number of amides is 1. The van der Waals surface area contributed by atoms with Crippen LogP contribution in [0.4, 0.5) is 5.69 Å². The highest BCUT2D eigenvalue weighted by Crippen LogP contribution is 2.46. The van der Waals surface area contributed by atoms with Gasteiger partial charge < -0.3 is 10.0 Å². The van der Waals surface area contributed by atoms with Gasteiger partial charge >= 0.3 is 0 Å². The third kappa shape index (κ3) is 4.18. The molecule has 0 radical (unpaired) electrons. The smallest absolute Gasteiger partial charge is 0.233 e. The van der Waals surface area contributed by atoms with Crippen molar-refractivity contribution in [1.29, 1.82) is 0 Å². The summed E-state index contributed by atoms with van der Waals surface area (Å²) in [5.74, 6) is -0.283. The van der Waals surface area contributed by atoms with Crippen molar-refractivity contribution in [3.63, 3.8) is 0 Å². The first-order chi connectivity index (χ1) is 15.1. The van der Waals surface area contributed by atoms with Crippen LogP contribution in [0.3, 0.4) is 0 Å². The van der Waals surface area contributed by atoms with E-state index in [1.165, 1.54) is 0 Å². The second kappa shape index (κ2) is 9.06. The van der Waals surface area contributed by atoms with Crippen molar-refractivity contribution in [2.24, 2.45) is 5.92 Å². The Morgan fingerprint density at radius 3 is 2.00 bits per heavy atom. The minimum absolute atomic E-state index is 0.0106. The maximum absolute atomic E-state index is 13.1. The molecule has 1 aliphatic heterocycles. The van der Waals surface area contributed by atoms with Gasteiger partial charge in [-0.15, -0.1) is 0 Å². The van der Waals surface area contributed by atoms with E-state index in [9.17, 15) is 19.5 Å². The first-order valence-corrected chi connectivity index (χ1v) is 10.3. The molecule has 3 atom stereocenters. The third-order valence-corrected chi connectivity index (χ3v) is 5.87. The van der Waals surface area contributed by atoms with E-state index in [4.69, 9.17) is 0 Å². The summed E-state index contributed by atoms with van der Waals surface area (Å²) in [7, 11) is 0. The van der Waals surface area contributed by atoms with Crippen LogP contribution in [0.25, 0.3) is 0 Å². The van der Waals surface area contributed by atoms with Gasteiger partial charge in [-0.2, -0.15) is 0 Å². The predicted octanol–water partition coefficient (Wildman–Crippen LogP) is 4.53. The van der Waals surface area contributed by atoms with Gasteiger partial charge in [0.15, 0.2) is 0 Å². The largest absolute Gasteiger partial charge is 0.388 e. The Labute approximate surface area is 180 Å². The number of rotatable bonds is 8. The number of carbonyl (C=O) groups is 3. The zero-order chi connectivity index (χ0) is 21.8. The monoisotopic (exact) mass is 413 g/mol. The molecular weight excluding hydrogens is 390 g/mol. The summed E-state index contributed by atoms with van der Waals surface area (Å²) in [5, 5.41) is 10.5. The van der Waals surface area contributed by atoms with Crippen LogP contribution in [0, 0.1) is 5.92 Å². The average Bonchev–Trinajstić information content (AvgIpc) is 2.83. The zero-order valence-electron chi connectivity index (χ0n) is 16.9. The van der Waals surface area contributed by atoms with Crippen LogP contribution in [-0.2, 0) is 4.79 Å². The Morgan fingerprint density at radius 2 is 1.42 bits per heavy atom. The fraction of sp³-hybridized carbons (Fsp3) is 0.192. The predicted molar refractivity (Wildman–Crippen MR) is 118 cm³/mol. The van der Waals surface area contributed by atoms with Crippen LogP contribution in [0.2, 0.25) is 0 Å². The molecule has 156 valence electrons. The zero-order valence-corrected chi connectivity index (χ0v) is 16.9. The maximum atomic E-state index is 13.1. The van der Waals surface area contributed by atoms with E-state index < -0.39 is 6.10 Å². The fourth-order valence-corrected chi connectivity index (χ4v) is 4.16. The number of benzene rings is 3. The van der Waals surface area contributed by atoms with Crippen LogP contribution in [-0.4, -0.2) is 23.6 Å². The van der Waals surface area contributed by atoms with Crippen molar-refractivity contribution in [2.45, 2.75) is 25.0 Å². The highest BCUT2D eigenvalue weighted by molar-refractivity contribution is 6.03. The van der Waals surface area contributed by atoms with Crippen LogP contribution in [0.1, 0.15) is 56.8 Å². The van der Waals surface area contributed by atoms with Crippen LogP contribution < -0.4 is 4.90 Å².